The Hall–Kier alpha value is -2.27. The van der Waals surface area contributed by atoms with E-state index in [-0.39, 0.29) is 16.7 Å². The van der Waals surface area contributed by atoms with Crippen molar-refractivity contribution in [3.8, 4) is 12.1 Å². The van der Waals surface area contributed by atoms with Crippen molar-refractivity contribution in [3.63, 3.8) is 0 Å². The number of nitriles is 2. The molecule has 17 heavy (non-hydrogen) atoms. The fourth-order valence-corrected chi connectivity index (χ4v) is 1.27. The standard InChI is InChI=1S/C12H7F3N2/c1-8(10(6-16)7-17)9-3-2-4-11(5-9)12(13,14)15/h2-5H,1H3. The molecule has 0 heterocycles. The summed E-state index contributed by atoms with van der Waals surface area (Å²) in [5.74, 6) is 0. The first-order valence-corrected chi connectivity index (χ1v) is 4.59. The third-order valence-electron chi connectivity index (χ3n) is 2.22. The van der Waals surface area contributed by atoms with E-state index in [0.717, 1.165) is 12.1 Å². The molecule has 1 aromatic rings. The molecule has 0 N–H and O–H groups in total. The van der Waals surface area contributed by atoms with Crippen LogP contribution in [0.25, 0.3) is 5.57 Å². The summed E-state index contributed by atoms with van der Waals surface area (Å²) in [7, 11) is 0. The molecule has 0 bridgehead atoms. The van der Waals surface area contributed by atoms with Crippen LogP contribution < -0.4 is 0 Å². The van der Waals surface area contributed by atoms with E-state index in [9.17, 15) is 13.2 Å². The van der Waals surface area contributed by atoms with Gasteiger partial charge in [0.1, 0.15) is 17.7 Å². The lowest BCUT2D eigenvalue weighted by Gasteiger charge is -2.08. The van der Waals surface area contributed by atoms with E-state index in [1.54, 1.807) is 12.1 Å². The molecule has 0 radical (unpaired) electrons. The Balaban J connectivity index is 3.33. The summed E-state index contributed by atoms with van der Waals surface area (Å²) >= 11 is 0. The van der Waals surface area contributed by atoms with Crippen LogP contribution in [0.5, 0.6) is 0 Å². The number of hydrogen-bond donors (Lipinski definition) is 0. The van der Waals surface area contributed by atoms with Gasteiger partial charge in [-0.05, 0) is 30.2 Å². The van der Waals surface area contributed by atoms with Gasteiger partial charge in [-0.15, -0.1) is 0 Å². The van der Waals surface area contributed by atoms with Crippen molar-refractivity contribution < 1.29 is 13.2 Å². The van der Waals surface area contributed by atoms with E-state index in [0.29, 0.717) is 0 Å². The summed E-state index contributed by atoms with van der Waals surface area (Å²) in [6.07, 6.45) is -4.43. The van der Waals surface area contributed by atoms with Gasteiger partial charge in [-0.1, -0.05) is 12.1 Å². The molecule has 0 fully saturated rings. The van der Waals surface area contributed by atoms with Gasteiger partial charge in [0.05, 0.1) is 5.56 Å². The predicted octanol–water partition coefficient (Wildman–Crippen LogP) is 3.53. The maximum Gasteiger partial charge on any atom is 0.416 e. The summed E-state index contributed by atoms with van der Waals surface area (Å²) in [5, 5.41) is 17.3. The number of rotatable bonds is 1. The molecule has 0 amide bonds. The maximum absolute atomic E-state index is 12.5. The van der Waals surface area contributed by atoms with Crippen molar-refractivity contribution in [2.24, 2.45) is 0 Å². The highest BCUT2D eigenvalue weighted by Crippen LogP contribution is 2.31. The smallest absolute Gasteiger partial charge is 0.192 e. The molecule has 0 saturated carbocycles. The number of allylic oxidation sites excluding steroid dienone is 2. The van der Waals surface area contributed by atoms with Gasteiger partial charge in [0, 0.05) is 0 Å². The van der Waals surface area contributed by atoms with E-state index in [1.807, 2.05) is 0 Å². The van der Waals surface area contributed by atoms with Gasteiger partial charge >= 0.3 is 6.18 Å². The number of benzene rings is 1. The highest BCUT2D eigenvalue weighted by Gasteiger charge is 2.30. The minimum absolute atomic E-state index is 0.190. The largest absolute Gasteiger partial charge is 0.416 e. The Bertz CT molecular complexity index is 526. The molecular formula is C12H7F3N2. The molecule has 0 unspecified atom stereocenters. The zero-order valence-corrected chi connectivity index (χ0v) is 8.84. The van der Waals surface area contributed by atoms with Crippen LogP contribution in [0.15, 0.2) is 29.8 Å². The van der Waals surface area contributed by atoms with Gasteiger partial charge in [-0.3, -0.25) is 0 Å². The van der Waals surface area contributed by atoms with Crippen LogP contribution in [-0.2, 0) is 6.18 Å². The Kier molecular flexibility index (Phi) is 3.55. The highest BCUT2D eigenvalue weighted by molar-refractivity contribution is 5.74. The van der Waals surface area contributed by atoms with Gasteiger partial charge in [0.2, 0.25) is 0 Å². The Labute approximate surface area is 96.2 Å². The zero-order valence-electron chi connectivity index (χ0n) is 8.84. The third-order valence-corrected chi connectivity index (χ3v) is 2.22. The molecule has 0 aliphatic heterocycles. The summed E-state index contributed by atoms with van der Waals surface area (Å²) in [4.78, 5) is 0. The van der Waals surface area contributed by atoms with Crippen molar-refractivity contribution in [1.29, 1.82) is 10.5 Å². The molecule has 0 spiro atoms. The Morgan fingerprint density at radius 3 is 2.24 bits per heavy atom. The monoisotopic (exact) mass is 236 g/mol. The highest BCUT2D eigenvalue weighted by atomic mass is 19.4. The third kappa shape index (κ3) is 2.85. The van der Waals surface area contributed by atoms with Crippen LogP contribution >= 0.6 is 0 Å². The Morgan fingerprint density at radius 1 is 1.18 bits per heavy atom. The molecule has 1 rings (SSSR count). The summed E-state index contributed by atoms with van der Waals surface area (Å²) in [6.45, 7) is 1.44. The van der Waals surface area contributed by atoms with Crippen molar-refractivity contribution in [2.45, 2.75) is 13.1 Å². The fraction of sp³-hybridized carbons (Fsp3) is 0.167. The van der Waals surface area contributed by atoms with Crippen LogP contribution in [0.3, 0.4) is 0 Å². The van der Waals surface area contributed by atoms with Gasteiger partial charge in [-0.25, -0.2) is 0 Å². The molecule has 86 valence electrons. The van der Waals surface area contributed by atoms with E-state index >= 15 is 0 Å². The first-order valence-electron chi connectivity index (χ1n) is 4.59. The van der Waals surface area contributed by atoms with Crippen LogP contribution in [0.1, 0.15) is 18.1 Å². The van der Waals surface area contributed by atoms with Crippen molar-refractivity contribution >= 4 is 5.57 Å². The van der Waals surface area contributed by atoms with E-state index in [1.165, 1.54) is 19.1 Å². The molecule has 0 aliphatic rings. The van der Waals surface area contributed by atoms with Crippen LogP contribution in [-0.4, -0.2) is 0 Å². The summed E-state index contributed by atoms with van der Waals surface area (Å²) < 4.78 is 37.4. The lowest BCUT2D eigenvalue weighted by atomic mass is 10.0. The van der Waals surface area contributed by atoms with Crippen molar-refractivity contribution in [2.75, 3.05) is 0 Å². The second kappa shape index (κ2) is 4.71. The van der Waals surface area contributed by atoms with E-state index in [4.69, 9.17) is 10.5 Å². The fourth-order valence-electron chi connectivity index (χ4n) is 1.27. The molecule has 2 nitrogen and oxygen atoms in total. The van der Waals surface area contributed by atoms with Gasteiger partial charge in [0.15, 0.2) is 0 Å². The predicted molar refractivity (Wildman–Crippen MR) is 55.3 cm³/mol. The quantitative estimate of drug-likeness (QED) is 0.700. The number of hydrogen-bond acceptors (Lipinski definition) is 2. The average Bonchev–Trinajstić information content (AvgIpc) is 2.29. The molecule has 0 aliphatic carbocycles. The zero-order chi connectivity index (χ0) is 13.1. The first-order chi connectivity index (χ1) is 7.90. The first kappa shape index (κ1) is 12.8. The minimum atomic E-state index is -4.43. The second-order valence-electron chi connectivity index (χ2n) is 3.30. The summed E-state index contributed by atoms with van der Waals surface area (Å²) in [5.41, 5.74) is -0.534. The molecule has 0 saturated heterocycles. The minimum Gasteiger partial charge on any atom is -0.192 e. The Morgan fingerprint density at radius 2 is 1.76 bits per heavy atom. The van der Waals surface area contributed by atoms with Crippen LogP contribution in [0.2, 0.25) is 0 Å². The normalized spacial score (nSPS) is 10.2. The molecule has 0 aromatic heterocycles. The number of nitrogens with zero attached hydrogens (tertiary/aromatic N) is 2. The number of halogens is 3. The molecule has 5 heteroatoms. The van der Waals surface area contributed by atoms with Crippen molar-refractivity contribution in [1.82, 2.24) is 0 Å². The van der Waals surface area contributed by atoms with Crippen molar-refractivity contribution in [3.05, 3.63) is 41.0 Å². The lowest BCUT2D eigenvalue weighted by Crippen LogP contribution is -2.05. The van der Waals surface area contributed by atoms with E-state index < -0.39 is 11.7 Å². The second-order valence-corrected chi connectivity index (χ2v) is 3.30. The van der Waals surface area contributed by atoms with Crippen LogP contribution in [0.4, 0.5) is 13.2 Å². The lowest BCUT2D eigenvalue weighted by molar-refractivity contribution is -0.137. The average molecular weight is 236 g/mol. The molecular weight excluding hydrogens is 229 g/mol. The summed E-state index contributed by atoms with van der Waals surface area (Å²) in [6, 6.07) is 7.83. The molecule has 1 aromatic carbocycles. The van der Waals surface area contributed by atoms with Gasteiger partial charge < -0.3 is 0 Å². The van der Waals surface area contributed by atoms with Gasteiger partial charge in [0.25, 0.3) is 0 Å². The van der Waals surface area contributed by atoms with Gasteiger partial charge in [-0.2, -0.15) is 23.7 Å². The SMILES string of the molecule is CC(=C(C#N)C#N)c1cccc(C(F)(F)F)c1. The molecule has 0 atom stereocenters. The number of alkyl halides is 3. The topological polar surface area (TPSA) is 47.6 Å². The maximum atomic E-state index is 12.5. The van der Waals surface area contributed by atoms with E-state index in [2.05, 4.69) is 0 Å². The van der Waals surface area contributed by atoms with Crippen LogP contribution in [0, 0.1) is 22.7 Å².